The zero-order chi connectivity index (χ0) is 33.2. The van der Waals surface area contributed by atoms with E-state index in [0.29, 0.717) is 35.8 Å². The van der Waals surface area contributed by atoms with E-state index in [4.69, 9.17) is 37.4 Å². The predicted octanol–water partition coefficient (Wildman–Crippen LogP) is 7.74. The maximum absolute atomic E-state index is 16.7. The molecule has 0 aliphatic carbocycles. The van der Waals surface area contributed by atoms with Crippen LogP contribution >= 0.6 is 34.2 Å². The van der Waals surface area contributed by atoms with Crippen LogP contribution in [-0.2, 0) is 13.1 Å². The first-order chi connectivity index (χ1) is 22.7. The second-order valence-electron chi connectivity index (χ2n) is 11.2. The van der Waals surface area contributed by atoms with Gasteiger partial charge in [-0.25, -0.2) is 25.9 Å². The molecule has 0 fully saturated rings. The molecule has 0 amide bonds. The summed E-state index contributed by atoms with van der Waals surface area (Å²) in [5, 5.41) is 0.457. The van der Waals surface area contributed by atoms with Crippen LogP contribution in [0.4, 0.5) is 16.0 Å². The molecule has 1 aliphatic rings. The number of ether oxygens (including phenoxy) is 3. The Labute approximate surface area is 291 Å². The number of aryl methyl sites for hydroxylation is 1. The van der Waals surface area contributed by atoms with Crippen LogP contribution in [-0.4, -0.2) is 55.4 Å². The lowest BCUT2D eigenvalue weighted by atomic mass is 10.0. The molecule has 0 saturated carbocycles. The SMILES string of the molecule is [C-]#[N+]CC1COc2c(Cl)c(-c3nc(N(Cc4ccc(OC)cc4)Cc4ccc(OC)cc4)cc(C)c3I)c(F)c3ncnc(c23)N1C. The second-order valence-corrected chi connectivity index (χ2v) is 12.6. The molecule has 240 valence electrons. The quantitative estimate of drug-likeness (QED) is 0.112. The summed E-state index contributed by atoms with van der Waals surface area (Å²) in [6, 6.07) is 17.5. The Balaban J connectivity index is 1.50. The van der Waals surface area contributed by atoms with Crippen LogP contribution in [0, 0.1) is 22.9 Å². The highest BCUT2D eigenvalue weighted by molar-refractivity contribution is 14.1. The molecule has 12 heteroatoms. The van der Waals surface area contributed by atoms with Crippen LogP contribution in [0.2, 0.25) is 5.02 Å². The van der Waals surface area contributed by atoms with Gasteiger partial charge in [-0.2, -0.15) is 0 Å². The molecule has 47 heavy (non-hydrogen) atoms. The summed E-state index contributed by atoms with van der Waals surface area (Å²) in [4.78, 5) is 21.4. The molecular formula is C35H31ClFIN6O3. The van der Waals surface area contributed by atoms with Crippen LogP contribution < -0.4 is 24.0 Å². The van der Waals surface area contributed by atoms with E-state index in [9.17, 15) is 0 Å². The van der Waals surface area contributed by atoms with E-state index in [1.807, 2.05) is 73.5 Å². The monoisotopic (exact) mass is 764 g/mol. The van der Waals surface area contributed by atoms with Crippen molar-refractivity contribution in [2.75, 3.05) is 44.2 Å². The third kappa shape index (κ3) is 6.32. The first-order valence-electron chi connectivity index (χ1n) is 14.8. The highest BCUT2D eigenvalue weighted by atomic mass is 127. The molecule has 5 aromatic rings. The van der Waals surface area contributed by atoms with Crippen molar-refractivity contribution in [3.63, 3.8) is 0 Å². The number of rotatable bonds is 9. The van der Waals surface area contributed by atoms with E-state index in [2.05, 4.69) is 42.3 Å². The van der Waals surface area contributed by atoms with Crippen molar-refractivity contribution in [1.82, 2.24) is 15.0 Å². The Morgan fingerprint density at radius 2 is 1.68 bits per heavy atom. The number of benzene rings is 3. The molecule has 3 aromatic carbocycles. The van der Waals surface area contributed by atoms with E-state index >= 15 is 4.39 Å². The third-order valence-electron chi connectivity index (χ3n) is 8.26. The van der Waals surface area contributed by atoms with Gasteiger partial charge in [-0.15, -0.1) is 0 Å². The van der Waals surface area contributed by atoms with Crippen LogP contribution in [0.1, 0.15) is 16.7 Å². The van der Waals surface area contributed by atoms with Crippen LogP contribution in [0.5, 0.6) is 17.2 Å². The van der Waals surface area contributed by atoms with Gasteiger partial charge in [-0.1, -0.05) is 35.9 Å². The van der Waals surface area contributed by atoms with Crippen LogP contribution in [0.3, 0.4) is 0 Å². The lowest BCUT2D eigenvalue weighted by Crippen LogP contribution is -2.38. The second kappa shape index (κ2) is 13.8. The van der Waals surface area contributed by atoms with Crippen molar-refractivity contribution >= 4 is 56.7 Å². The summed E-state index contributed by atoms with van der Waals surface area (Å²) in [6.45, 7) is 10.8. The zero-order valence-electron chi connectivity index (χ0n) is 26.2. The number of hydrogen-bond donors (Lipinski definition) is 0. The highest BCUT2D eigenvalue weighted by Gasteiger charge is 2.33. The first-order valence-corrected chi connectivity index (χ1v) is 16.2. The fraction of sp³-hybridized carbons (Fsp3) is 0.257. The van der Waals surface area contributed by atoms with Crippen LogP contribution in [0.15, 0.2) is 60.9 Å². The van der Waals surface area contributed by atoms with Gasteiger partial charge in [0.2, 0.25) is 6.54 Å². The number of nitrogens with zero attached hydrogens (tertiary/aromatic N) is 6. The summed E-state index contributed by atoms with van der Waals surface area (Å²) in [7, 11) is 5.09. The number of halogens is 3. The molecule has 0 bridgehead atoms. The lowest BCUT2D eigenvalue weighted by Gasteiger charge is -2.26. The van der Waals surface area contributed by atoms with Gasteiger partial charge in [0.1, 0.15) is 47.6 Å². The molecule has 0 spiro atoms. The van der Waals surface area contributed by atoms with Crippen molar-refractivity contribution in [2.24, 2.45) is 0 Å². The third-order valence-corrected chi connectivity index (χ3v) is 9.98. The average Bonchev–Trinajstić information content (AvgIpc) is 3.22. The molecule has 0 radical (unpaired) electrons. The molecule has 2 aromatic heterocycles. The smallest absolute Gasteiger partial charge is 0.238 e. The minimum absolute atomic E-state index is 0.0775. The molecule has 3 heterocycles. The topological polar surface area (TPSA) is 77.2 Å². The Morgan fingerprint density at radius 1 is 1.06 bits per heavy atom. The summed E-state index contributed by atoms with van der Waals surface area (Å²) < 4.78 is 34.4. The number of methoxy groups -OCH3 is 2. The zero-order valence-corrected chi connectivity index (χ0v) is 29.1. The summed E-state index contributed by atoms with van der Waals surface area (Å²) in [6.07, 6.45) is 1.32. The van der Waals surface area contributed by atoms with Crippen LogP contribution in [0.25, 0.3) is 27.0 Å². The number of aromatic nitrogens is 3. The molecule has 1 unspecified atom stereocenters. The molecular weight excluding hydrogens is 734 g/mol. The number of anilines is 2. The van der Waals surface area contributed by atoms with Gasteiger partial charge in [0, 0.05) is 23.7 Å². The largest absolute Gasteiger partial charge is 0.497 e. The Hall–Kier alpha value is -4.41. The first kappa shape index (κ1) is 32.5. The standard InChI is InChI=1S/C35H31ClFIN6O3/c1-20-14-26(44(16-21-6-10-24(45-4)11-7-21)17-22-8-12-25(46-5)13-9-22)42-33(31(20)38)27-29(36)34-28-32(30(27)37)40-19-41-35(28)43(3)23(15-39-2)18-47-34/h6-14,19,23H,15-18H2,1,3-5H3. The van der Waals surface area contributed by atoms with Gasteiger partial charge in [0.15, 0.2) is 11.6 Å². The average molecular weight is 765 g/mol. The molecule has 1 aliphatic heterocycles. The van der Waals surface area contributed by atoms with Gasteiger partial charge in [-0.05, 0) is 76.5 Å². The van der Waals surface area contributed by atoms with Crippen molar-refractivity contribution in [3.8, 4) is 28.5 Å². The van der Waals surface area contributed by atoms with E-state index in [-0.39, 0.29) is 41.0 Å². The van der Waals surface area contributed by atoms with Crippen molar-refractivity contribution in [3.05, 3.63) is 103 Å². The van der Waals surface area contributed by atoms with Gasteiger partial charge >= 0.3 is 0 Å². The van der Waals surface area contributed by atoms with Crippen molar-refractivity contribution in [2.45, 2.75) is 26.1 Å². The minimum Gasteiger partial charge on any atom is -0.497 e. The van der Waals surface area contributed by atoms with Gasteiger partial charge < -0.3 is 28.9 Å². The number of pyridine rings is 1. The summed E-state index contributed by atoms with van der Waals surface area (Å²) in [5.41, 5.74) is 3.56. The summed E-state index contributed by atoms with van der Waals surface area (Å²) in [5.74, 6) is 2.30. The Kier molecular flexibility index (Phi) is 9.52. The van der Waals surface area contributed by atoms with Gasteiger partial charge in [-0.3, -0.25) is 0 Å². The predicted molar refractivity (Wildman–Crippen MR) is 190 cm³/mol. The minimum atomic E-state index is -0.614. The Bertz CT molecular complexity index is 1940. The van der Waals surface area contributed by atoms with E-state index in [0.717, 1.165) is 31.8 Å². The fourth-order valence-corrected chi connectivity index (χ4v) is 6.50. The van der Waals surface area contributed by atoms with E-state index in [1.54, 1.807) is 14.2 Å². The molecule has 1 atom stereocenters. The summed E-state index contributed by atoms with van der Waals surface area (Å²) >= 11 is 9.26. The van der Waals surface area contributed by atoms with Crippen molar-refractivity contribution < 1.29 is 18.6 Å². The lowest BCUT2D eigenvalue weighted by molar-refractivity contribution is 0.298. The van der Waals surface area contributed by atoms with E-state index < -0.39 is 5.82 Å². The molecule has 0 saturated heterocycles. The Morgan fingerprint density at radius 3 is 2.26 bits per heavy atom. The fourth-order valence-electron chi connectivity index (χ4n) is 5.63. The van der Waals surface area contributed by atoms with Crippen molar-refractivity contribution in [1.29, 1.82) is 0 Å². The molecule has 6 rings (SSSR count). The van der Waals surface area contributed by atoms with Gasteiger partial charge in [0.05, 0.1) is 35.9 Å². The van der Waals surface area contributed by atoms with E-state index in [1.165, 1.54) is 6.33 Å². The normalized spacial score (nSPS) is 13.9. The maximum Gasteiger partial charge on any atom is 0.238 e. The molecule has 0 N–H and O–H groups in total. The molecule has 9 nitrogen and oxygen atoms in total. The van der Waals surface area contributed by atoms with Gasteiger partial charge in [0.25, 0.3) is 0 Å². The number of likely N-dealkylation sites (N-methyl/N-ethyl adjacent to an activating group) is 1. The highest BCUT2D eigenvalue weighted by Crippen LogP contribution is 2.48. The maximum atomic E-state index is 16.7. The number of hydrogen-bond acceptors (Lipinski definition) is 8.